The van der Waals surface area contributed by atoms with E-state index in [2.05, 4.69) is 4.74 Å². The van der Waals surface area contributed by atoms with Gasteiger partial charge in [0.25, 0.3) is 0 Å². The van der Waals surface area contributed by atoms with Crippen LogP contribution in [0.2, 0.25) is 0 Å². The van der Waals surface area contributed by atoms with E-state index in [-0.39, 0.29) is 6.61 Å². The van der Waals surface area contributed by atoms with Crippen molar-refractivity contribution in [1.82, 2.24) is 5.32 Å². The number of carbonyl (C=O) groups excluding carboxylic acids is 2. The Labute approximate surface area is 70.3 Å². The third-order valence-corrected chi connectivity index (χ3v) is 1.09. The average Bonchev–Trinajstić information content (AvgIpc) is 2.03. The van der Waals surface area contributed by atoms with Crippen molar-refractivity contribution in [3.63, 3.8) is 0 Å². The lowest BCUT2D eigenvalue weighted by atomic mass is 10.2. The zero-order valence-electron chi connectivity index (χ0n) is 6.96. The second kappa shape index (κ2) is 5.13. The van der Waals surface area contributed by atoms with Gasteiger partial charge in [-0.25, -0.2) is 4.79 Å². The van der Waals surface area contributed by atoms with Gasteiger partial charge in [0.2, 0.25) is 5.91 Å². The summed E-state index contributed by atoms with van der Waals surface area (Å²) in [6, 6.07) is 1.69. The molecule has 0 rings (SSSR count). The molecule has 0 aromatic heterocycles. The van der Waals surface area contributed by atoms with Crippen molar-refractivity contribution in [3.8, 4) is 6.07 Å². The van der Waals surface area contributed by atoms with Gasteiger partial charge >= 0.3 is 6.09 Å². The molecule has 0 aromatic rings. The molecule has 66 valence electrons. The van der Waals surface area contributed by atoms with Crippen LogP contribution in [-0.2, 0) is 9.53 Å². The van der Waals surface area contributed by atoms with Crippen molar-refractivity contribution in [2.45, 2.75) is 13.8 Å². The summed E-state index contributed by atoms with van der Waals surface area (Å²) >= 11 is 0. The van der Waals surface area contributed by atoms with E-state index in [0.29, 0.717) is 0 Å². The van der Waals surface area contributed by atoms with Crippen LogP contribution in [0.4, 0.5) is 4.79 Å². The van der Waals surface area contributed by atoms with Gasteiger partial charge in [-0.1, -0.05) is 0 Å². The Hall–Kier alpha value is -1.57. The van der Waals surface area contributed by atoms with Gasteiger partial charge in [0.05, 0.1) is 12.7 Å². The Morgan fingerprint density at radius 3 is 2.67 bits per heavy atom. The third kappa shape index (κ3) is 3.56. The Bertz CT molecular complexity index is 219. The molecule has 12 heavy (non-hydrogen) atoms. The molecule has 0 aliphatic heterocycles. The topological polar surface area (TPSA) is 79.2 Å². The highest BCUT2D eigenvalue weighted by atomic mass is 16.5. The first-order chi connectivity index (χ1) is 5.61. The first-order valence-electron chi connectivity index (χ1n) is 3.49. The van der Waals surface area contributed by atoms with Crippen LogP contribution in [0.1, 0.15) is 13.8 Å². The fourth-order valence-corrected chi connectivity index (χ4v) is 0.435. The first-order valence-corrected chi connectivity index (χ1v) is 3.49. The van der Waals surface area contributed by atoms with Gasteiger partial charge in [0, 0.05) is 0 Å². The van der Waals surface area contributed by atoms with Crippen LogP contribution in [0.3, 0.4) is 0 Å². The van der Waals surface area contributed by atoms with Crippen molar-refractivity contribution >= 4 is 12.0 Å². The number of imide groups is 1. The smallest absolute Gasteiger partial charge is 0.413 e. The Morgan fingerprint density at radius 1 is 1.67 bits per heavy atom. The number of nitriles is 1. The van der Waals surface area contributed by atoms with Gasteiger partial charge in [-0.2, -0.15) is 5.26 Å². The normalized spacial score (nSPS) is 11.1. The van der Waals surface area contributed by atoms with Crippen molar-refractivity contribution in [2.75, 3.05) is 6.61 Å². The van der Waals surface area contributed by atoms with Gasteiger partial charge in [0.15, 0.2) is 0 Å². The van der Waals surface area contributed by atoms with Crippen molar-refractivity contribution in [1.29, 1.82) is 5.26 Å². The monoisotopic (exact) mass is 170 g/mol. The highest BCUT2D eigenvalue weighted by Crippen LogP contribution is 1.91. The van der Waals surface area contributed by atoms with E-state index in [4.69, 9.17) is 5.26 Å². The largest absolute Gasteiger partial charge is 0.450 e. The summed E-state index contributed by atoms with van der Waals surface area (Å²) in [5, 5.41) is 10.2. The lowest BCUT2D eigenvalue weighted by Gasteiger charge is -2.03. The zero-order valence-corrected chi connectivity index (χ0v) is 6.96. The standard InChI is InChI=1S/C7H10N2O3/c1-3-12-7(11)9-6(10)5(2)4-8/h5H,3H2,1-2H3,(H,9,10,11). The number of amides is 2. The highest BCUT2D eigenvalue weighted by Gasteiger charge is 2.14. The van der Waals surface area contributed by atoms with Crippen LogP contribution < -0.4 is 5.32 Å². The number of nitrogens with zero attached hydrogens (tertiary/aromatic N) is 1. The quantitative estimate of drug-likeness (QED) is 0.651. The summed E-state index contributed by atoms with van der Waals surface area (Å²) in [5.41, 5.74) is 0. The van der Waals surface area contributed by atoms with Crippen LogP contribution in [0, 0.1) is 17.2 Å². The minimum atomic E-state index is -0.839. The minimum absolute atomic E-state index is 0.194. The van der Waals surface area contributed by atoms with Crippen LogP contribution in [0.25, 0.3) is 0 Å². The molecule has 0 heterocycles. The van der Waals surface area contributed by atoms with Crippen LogP contribution >= 0.6 is 0 Å². The molecule has 2 amide bonds. The molecule has 5 heteroatoms. The third-order valence-electron chi connectivity index (χ3n) is 1.09. The lowest BCUT2D eigenvalue weighted by Crippen LogP contribution is -2.34. The van der Waals surface area contributed by atoms with E-state index >= 15 is 0 Å². The molecule has 1 N–H and O–H groups in total. The van der Waals surface area contributed by atoms with Gasteiger partial charge in [0.1, 0.15) is 5.92 Å². The van der Waals surface area contributed by atoms with E-state index in [9.17, 15) is 9.59 Å². The predicted octanol–water partition coefficient (Wildman–Crippen LogP) is 0.419. The lowest BCUT2D eigenvalue weighted by molar-refractivity contribution is -0.122. The minimum Gasteiger partial charge on any atom is -0.450 e. The Kier molecular flexibility index (Phi) is 4.46. The fraction of sp³-hybridized carbons (Fsp3) is 0.571. The maximum absolute atomic E-state index is 10.8. The van der Waals surface area contributed by atoms with E-state index in [1.807, 2.05) is 5.32 Å². The number of alkyl carbamates (subject to hydrolysis) is 1. The molecule has 0 fully saturated rings. The van der Waals surface area contributed by atoms with Crippen molar-refractivity contribution < 1.29 is 14.3 Å². The Balaban J connectivity index is 3.86. The van der Waals surface area contributed by atoms with E-state index in [1.54, 1.807) is 13.0 Å². The van der Waals surface area contributed by atoms with Gasteiger partial charge < -0.3 is 4.74 Å². The number of nitrogens with one attached hydrogen (secondary N) is 1. The molecule has 1 unspecified atom stereocenters. The van der Waals surface area contributed by atoms with Crippen molar-refractivity contribution in [2.24, 2.45) is 5.92 Å². The van der Waals surface area contributed by atoms with E-state index in [1.165, 1.54) is 6.92 Å². The number of rotatable bonds is 2. The van der Waals surface area contributed by atoms with E-state index < -0.39 is 17.9 Å². The molecular weight excluding hydrogens is 160 g/mol. The summed E-state index contributed by atoms with van der Waals surface area (Å²) in [6.07, 6.45) is -0.815. The van der Waals surface area contributed by atoms with E-state index in [0.717, 1.165) is 0 Å². The number of hydrogen-bond donors (Lipinski definition) is 1. The summed E-state index contributed by atoms with van der Waals surface area (Å²) < 4.78 is 4.43. The molecule has 0 aliphatic rings. The summed E-state index contributed by atoms with van der Waals surface area (Å²) in [5.74, 6) is -1.48. The Morgan fingerprint density at radius 2 is 2.25 bits per heavy atom. The fourth-order valence-electron chi connectivity index (χ4n) is 0.435. The van der Waals surface area contributed by atoms with Crippen LogP contribution in [-0.4, -0.2) is 18.6 Å². The summed E-state index contributed by atoms with van der Waals surface area (Å²) in [7, 11) is 0. The molecule has 5 nitrogen and oxygen atoms in total. The van der Waals surface area contributed by atoms with Gasteiger partial charge in [-0.3, -0.25) is 10.1 Å². The molecule has 0 saturated heterocycles. The van der Waals surface area contributed by atoms with Gasteiger partial charge in [-0.05, 0) is 13.8 Å². The molecule has 1 atom stereocenters. The first kappa shape index (κ1) is 10.4. The zero-order chi connectivity index (χ0) is 9.56. The summed E-state index contributed by atoms with van der Waals surface area (Å²) in [6.45, 7) is 3.21. The number of hydrogen-bond acceptors (Lipinski definition) is 4. The van der Waals surface area contributed by atoms with Crippen molar-refractivity contribution in [3.05, 3.63) is 0 Å². The number of carbonyl (C=O) groups is 2. The second-order valence-corrected chi connectivity index (χ2v) is 2.06. The molecule has 0 spiro atoms. The number of ether oxygens (including phenoxy) is 1. The SMILES string of the molecule is CCOC(=O)NC(=O)C(C)C#N. The maximum atomic E-state index is 10.8. The second-order valence-electron chi connectivity index (χ2n) is 2.06. The average molecular weight is 170 g/mol. The molecule has 0 bridgehead atoms. The molecule has 0 aromatic carbocycles. The molecule has 0 saturated carbocycles. The highest BCUT2D eigenvalue weighted by molar-refractivity contribution is 5.94. The summed E-state index contributed by atoms with van der Waals surface area (Å²) in [4.78, 5) is 21.4. The predicted molar refractivity (Wildman–Crippen MR) is 39.9 cm³/mol. The van der Waals surface area contributed by atoms with Crippen LogP contribution in [0.15, 0.2) is 0 Å². The van der Waals surface area contributed by atoms with Gasteiger partial charge in [-0.15, -0.1) is 0 Å². The van der Waals surface area contributed by atoms with Crippen LogP contribution in [0.5, 0.6) is 0 Å². The molecule has 0 radical (unpaired) electrons. The molecular formula is C7H10N2O3. The maximum Gasteiger partial charge on any atom is 0.413 e. The molecule has 0 aliphatic carbocycles.